The van der Waals surface area contributed by atoms with Gasteiger partial charge in [0, 0.05) is 30.5 Å². The molecule has 6 rings (SSSR count). The van der Waals surface area contributed by atoms with Crippen LogP contribution < -0.4 is 4.90 Å². The third-order valence-corrected chi connectivity index (χ3v) is 7.46. The predicted octanol–water partition coefficient (Wildman–Crippen LogP) is 5.64. The smallest absolute Gasteiger partial charge is 0.355 e. The van der Waals surface area contributed by atoms with E-state index in [-0.39, 0.29) is 16.7 Å². The van der Waals surface area contributed by atoms with Gasteiger partial charge in [0.05, 0.1) is 23.1 Å². The number of rotatable bonds is 2. The van der Waals surface area contributed by atoms with Crippen LogP contribution in [0.15, 0.2) is 48.8 Å². The minimum absolute atomic E-state index is 0.168. The zero-order chi connectivity index (χ0) is 24.4. The van der Waals surface area contributed by atoms with Crippen molar-refractivity contribution in [3.05, 3.63) is 77.1 Å². The summed E-state index contributed by atoms with van der Waals surface area (Å²) >= 11 is 0. The van der Waals surface area contributed by atoms with E-state index in [1.807, 2.05) is 12.3 Å². The summed E-state index contributed by atoms with van der Waals surface area (Å²) in [6.07, 6.45) is 2.85. The monoisotopic (exact) mass is 481 g/mol. The minimum Gasteiger partial charge on any atom is -0.355 e. The molecule has 0 amide bonds. The standard InChI is InChI=1S/C26H23F4N5/c1-16-23(19-13-18(26(28,29)30)4-5-20(19)27)35-22(6-10-32-35)24(33-16)34-11-7-25(8-12-34)14-17-3-2-9-31-21(17)15-25/h2-6,9-10,13H,7-8,11-12,14-15H2,1H3. The van der Waals surface area contributed by atoms with Gasteiger partial charge in [-0.2, -0.15) is 18.3 Å². The number of alkyl halides is 3. The van der Waals surface area contributed by atoms with E-state index in [0.717, 1.165) is 62.8 Å². The molecule has 1 fully saturated rings. The Hall–Kier alpha value is -3.49. The Morgan fingerprint density at radius 1 is 1.00 bits per heavy atom. The second kappa shape index (κ2) is 7.76. The number of aromatic nitrogens is 4. The van der Waals surface area contributed by atoms with Gasteiger partial charge in [-0.1, -0.05) is 6.07 Å². The molecule has 180 valence electrons. The molecule has 5 nitrogen and oxygen atoms in total. The molecule has 9 heteroatoms. The summed E-state index contributed by atoms with van der Waals surface area (Å²) in [5, 5.41) is 4.34. The average Bonchev–Trinajstić information content (AvgIpc) is 3.44. The van der Waals surface area contributed by atoms with Gasteiger partial charge in [-0.3, -0.25) is 4.98 Å². The highest BCUT2D eigenvalue weighted by atomic mass is 19.4. The van der Waals surface area contributed by atoms with Crippen LogP contribution in [0, 0.1) is 18.2 Å². The molecule has 1 saturated heterocycles. The third-order valence-electron chi connectivity index (χ3n) is 7.46. The maximum Gasteiger partial charge on any atom is 0.416 e. The Kier molecular flexibility index (Phi) is 4.88. The van der Waals surface area contributed by atoms with Crippen molar-refractivity contribution in [2.24, 2.45) is 5.41 Å². The molecule has 0 bridgehead atoms. The Labute approximate surface area is 199 Å². The largest absolute Gasteiger partial charge is 0.416 e. The van der Waals surface area contributed by atoms with E-state index in [4.69, 9.17) is 4.98 Å². The van der Waals surface area contributed by atoms with Gasteiger partial charge in [0.15, 0.2) is 5.82 Å². The van der Waals surface area contributed by atoms with Crippen molar-refractivity contribution in [1.29, 1.82) is 0 Å². The summed E-state index contributed by atoms with van der Waals surface area (Å²) in [5.74, 6) is -0.0265. The molecule has 0 radical (unpaired) electrons. The molecule has 1 aliphatic carbocycles. The molecule has 0 unspecified atom stereocenters. The summed E-state index contributed by atoms with van der Waals surface area (Å²) in [6.45, 7) is 3.29. The number of hydrogen-bond acceptors (Lipinski definition) is 4. The second-order valence-electron chi connectivity index (χ2n) is 9.64. The topological polar surface area (TPSA) is 46.3 Å². The van der Waals surface area contributed by atoms with Crippen LogP contribution in [-0.4, -0.2) is 32.7 Å². The molecular weight excluding hydrogens is 458 g/mol. The normalized spacial score (nSPS) is 17.3. The van der Waals surface area contributed by atoms with Crippen LogP contribution in [0.1, 0.15) is 35.4 Å². The van der Waals surface area contributed by atoms with Crippen molar-refractivity contribution < 1.29 is 17.6 Å². The lowest BCUT2D eigenvalue weighted by Gasteiger charge is -2.40. The molecule has 4 heterocycles. The van der Waals surface area contributed by atoms with Crippen LogP contribution in [0.2, 0.25) is 0 Å². The van der Waals surface area contributed by atoms with Crippen LogP contribution in [0.25, 0.3) is 16.8 Å². The Morgan fingerprint density at radius 3 is 2.54 bits per heavy atom. The first kappa shape index (κ1) is 22.0. The summed E-state index contributed by atoms with van der Waals surface area (Å²) < 4.78 is 56.2. The highest BCUT2D eigenvalue weighted by molar-refractivity contribution is 5.76. The Morgan fingerprint density at radius 2 is 1.80 bits per heavy atom. The quantitative estimate of drug-likeness (QED) is 0.348. The molecule has 3 aromatic heterocycles. The number of nitrogens with zero attached hydrogens (tertiary/aromatic N) is 5. The first-order valence-electron chi connectivity index (χ1n) is 11.6. The fraction of sp³-hybridized carbons (Fsp3) is 0.346. The molecule has 0 N–H and O–H groups in total. The lowest BCUT2D eigenvalue weighted by Crippen LogP contribution is -2.41. The fourth-order valence-electron chi connectivity index (χ4n) is 5.66. The molecule has 1 spiro atoms. The van der Waals surface area contributed by atoms with Gasteiger partial charge < -0.3 is 4.90 Å². The number of hydrogen-bond donors (Lipinski definition) is 0. The zero-order valence-electron chi connectivity index (χ0n) is 19.1. The number of aryl methyl sites for hydroxylation is 1. The number of benzene rings is 1. The van der Waals surface area contributed by atoms with Crippen molar-refractivity contribution in [1.82, 2.24) is 19.6 Å². The molecule has 1 aliphatic heterocycles. The first-order valence-corrected chi connectivity index (χ1v) is 11.6. The summed E-state index contributed by atoms with van der Waals surface area (Å²) in [7, 11) is 0. The second-order valence-corrected chi connectivity index (χ2v) is 9.64. The van der Waals surface area contributed by atoms with E-state index in [0.29, 0.717) is 11.2 Å². The molecule has 0 atom stereocenters. The predicted molar refractivity (Wildman–Crippen MR) is 124 cm³/mol. The van der Waals surface area contributed by atoms with Crippen molar-refractivity contribution in [2.75, 3.05) is 18.0 Å². The molecule has 4 aromatic rings. The summed E-state index contributed by atoms with van der Waals surface area (Å²) in [4.78, 5) is 11.5. The number of anilines is 1. The average molecular weight is 481 g/mol. The van der Waals surface area contributed by atoms with Gasteiger partial charge in [-0.15, -0.1) is 0 Å². The molecule has 0 saturated carbocycles. The van der Waals surface area contributed by atoms with Gasteiger partial charge in [0.1, 0.15) is 11.3 Å². The van der Waals surface area contributed by atoms with Crippen molar-refractivity contribution in [3.63, 3.8) is 0 Å². The lowest BCUT2D eigenvalue weighted by atomic mass is 9.76. The van der Waals surface area contributed by atoms with Crippen LogP contribution >= 0.6 is 0 Å². The van der Waals surface area contributed by atoms with Crippen molar-refractivity contribution >= 4 is 11.3 Å². The highest BCUT2D eigenvalue weighted by Gasteiger charge is 2.41. The van der Waals surface area contributed by atoms with E-state index in [9.17, 15) is 17.6 Å². The van der Waals surface area contributed by atoms with Gasteiger partial charge in [0.25, 0.3) is 0 Å². The number of piperidine rings is 1. The SMILES string of the molecule is Cc1nc(N2CCC3(CC2)Cc2cccnc2C3)c2ccnn2c1-c1cc(C(F)(F)F)ccc1F. The molecule has 35 heavy (non-hydrogen) atoms. The van der Waals surface area contributed by atoms with Crippen LogP contribution in [0.4, 0.5) is 23.4 Å². The zero-order valence-corrected chi connectivity index (χ0v) is 19.1. The molecular formula is C26H23F4N5. The van der Waals surface area contributed by atoms with Crippen molar-refractivity contribution in [3.8, 4) is 11.3 Å². The number of halogens is 4. The van der Waals surface area contributed by atoms with Crippen molar-refractivity contribution in [2.45, 2.75) is 38.8 Å². The maximum absolute atomic E-state index is 14.7. The van der Waals surface area contributed by atoms with E-state index < -0.39 is 17.6 Å². The van der Waals surface area contributed by atoms with E-state index in [2.05, 4.69) is 21.0 Å². The van der Waals surface area contributed by atoms with Gasteiger partial charge in [-0.25, -0.2) is 13.9 Å². The van der Waals surface area contributed by atoms with E-state index in [1.165, 1.54) is 15.8 Å². The lowest BCUT2D eigenvalue weighted by molar-refractivity contribution is -0.137. The number of fused-ring (bicyclic) bond motifs is 2. The highest BCUT2D eigenvalue weighted by Crippen LogP contribution is 2.45. The van der Waals surface area contributed by atoms with Gasteiger partial charge in [0.2, 0.25) is 0 Å². The minimum atomic E-state index is -4.58. The summed E-state index contributed by atoms with van der Waals surface area (Å²) in [6, 6.07) is 8.35. The Balaban J connectivity index is 1.34. The van der Waals surface area contributed by atoms with Crippen LogP contribution in [0.3, 0.4) is 0 Å². The van der Waals surface area contributed by atoms with Gasteiger partial charge in [-0.05, 0) is 73.9 Å². The molecule has 2 aliphatic rings. The van der Waals surface area contributed by atoms with E-state index in [1.54, 1.807) is 19.2 Å². The first-order chi connectivity index (χ1) is 16.7. The van der Waals surface area contributed by atoms with Gasteiger partial charge >= 0.3 is 6.18 Å². The summed E-state index contributed by atoms with van der Waals surface area (Å²) in [5.41, 5.74) is 2.95. The molecule has 1 aromatic carbocycles. The third kappa shape index (κ3) is 3.64. The maximum atomic E-state index is 14.7. The fourth-order valence-corrected chi connectivity index (χ4v) is 5.66. The van der Waals surface area contributed by atoms with E-state index >= 15 is 0 Å². The Bertz CT molecular complexity index is 1410. The van der Waals surface area contributed by atoms with Crippen LogP contribution in [-0.2, 0) is 19.0 Å². The number of pyridine rings is 1. The van der Waals surface area contributed by atoms with Crippen LogP contribution in [0.5, 0.6) is 0 Å².